The topological polar surface area (TPSA) is 198 Å². The van der Waals surface area contributed by atoms with Gasteiger partial charge in [-0.25, -0.2) is 14.6 Å². The number of alkyl carbamates (subject to hydrolysis) is 1. The minimum absolute atomic E-state index is 0.0172. The third kappa shape index (κ3) is 15.0. The maximum Gasteiger partial charge on any atom is 0.407 e. The smallest absolute Gasteiger partial charge is 0.407 e. The van der Waals surface area contributed by atoms with E-state index in [9.17, 15) is 24.0 Å². The predicted octanol–water partition coefficient (Wildman–Crippen LogP) is 4.37. The van der Waals surface area contributed by atoms with Gasteiger partial charge in [0, 0.05) is 49.9 Å². The highest BCUT2D eigenvalue weighted by molar-refractivity contribution is 5.87. The first-order valence-electron chi connectivity index (χ1n) is 17.0. The first-order chi connectivity index (χ1) is 22.5. The van der Waals surface area contributed by atoms with Crippen LogP contribution < -0.4 is 21.5 Å². The van der Waals surface area contributed by atoms with Gasteiger partial charge in [0.05, 0.1) is 25.5 Å². The molecule has 1 aliphatic carbocycles. The molecule has 5 N–H and O–H groups in total. The summed E-state index contributed by atoms with van der Waals surface area (Å²) >= 11 is 0. The van der Waals surface area contributed by atoms with Crippen molar-refractivity contribution in [1.82, 2.24) is 20.6 Å². The molecule has 1 heterocycles. The molecule has 2 rings (SSSR count). The molecule has 14 nitrogen and oxygen atoms in total. The van der Waals surface area contributed by atoms with Gasteiger partial charge in [0.15, 0.2) is 0 Å². The van der Waals surface area contributed by atoms with Gasteiger partial charge in [0.1, 0.15) is 0 Å². The molecule has 1 fully saturated rings. The van der Waals surface area contributed by atoms with Crippen molar-refractivity contribution >= 4 is 30.0 Å². The zero-order valence-electron chi connectivity index (χ0n) is 29.8. The molecule has 0 bridgehead atoms. The summed E-state index contributed by atoms with van der Waals surface area (Å²) in [5, 5.41) is 17.5. The molecule has 1 aromatic heterocycles. The summed E-state index contributed by atoms with van der Waals surface area (Å²) in [7, 11) is 0. The summed E-state index contributed by atoms with van der Waals surface area (Å²) in [6.45, 7) is 14.6. The lowest BCUT2D eigenvalue weighted by molar-refractivity contribution is -0.147. The van der Waals surface area contributed by atoms with Crippen molar-refractivity contribution in [2.24, 2.45) is 22.7 Å². The van der Waals surface area contributed by atoms with E-state index in [1.807, 2.05) is 20.8 Å². The molecule has 1 aliphatic rings. The van der Waals surface area contributed by atoms with E-state index in [4.69, 9.17) is 19.3 Å². The van der Waals surface area contributed by atoms with Crippen LogP contribution in [0, 0.1) is 29.6 Å². The quantitative estimate of drug-likeness (QED) is 0.0843. The summed E-state index contributed by atoms with van der Waals surface area (Å²) in [4.78, 5) is 68.2. The molecule has 1 aromatic rings. The molecule has 4 unspecified atom stereocenters. The number of aryl methyl sites for hydroxylation is 1. The number of carbonyl (C=O) groups excluding carboxylic acids is 4. The Morgan fingerprint density at radius 2 is 1.58 bits per heavy atom. The molecule has 48 heavy (non-hydrogen) atoms. The Kier molecular flexibility index (Phi) is 16.3. The van der Waals surface area contributed by atoms with Crippen molar-refractivity contribution < 1.29 is 38.5 Å². The third-order valence-electron chi connectivity index (χ3n) is 8.52. The van der Waals surface area contributed by atoms with Gasteiger partial charge in [-0.3, -0.25) is 24.7 Å². The molecule has 0 aromatic carbocycles. The van der Waals surface area contributed by atoms with Crippen LogP contribution in [-0.2, 0) is 30.2 Å². The van der Waals surface area contributed by atoms with Gasteiger partial charge in [-0.15, -0.1) is 0 Å². The number of ether oxygens (including phenoxy) is 3. The molecule has 272 valence electrons. The lowest BCUT2D eigenvalue weighted by Crippen LogP contribution is -2.51. The van der Waals surface area contributed by atoms with Crippen LogP contribution in [0.2, 0.25) is 0 Å². The zero-order chi connectivity index (χ0) is 35.9. The Labute approximate surface area is 283 Å². The molecule has 0 spiro atoms. The first kappa shape index (κ1) is 40.5. The number of anilines is 1. The summed E-state index contributed by atoms with van der Waals surface area (Å²) in [5.74, 6) is -0.465. The Bertz CT molecular complexity index is 1280. The van der Waals surface area contributed by atoms with E-state index in [1.165, 1.54) is 0 Å². The van der Waals surface area contributed by atoms with Crippen molar-refractivity contribution in [2.75, 3.05) is 38.3 Å². The van der Waals surface area contributed by atoms with Gasteiger partial charge in [-0.1, -0.05) is 48.0 Å². The molecule has 14 heteroatoms. The Balaban J connectivity index is 1.73. The molecule has 0 aliphatic heterocycles. The Morgan fingerprint density at radius 1 is 0.979 bits per heavy atom. The summed E-state index contributed by atoms with van der Waals surface area (Å²) in [6.07, 6.45) is 4.27. The fraction of sp³-hybridized carbons (Fsp3) is 0.765. The Morgan fingerprint density at radius 3 is 2.17 bits per heavy atom. The van der Waals surface area contributed by atoms with E-state index in [0.717, 1.165) is 19.3 Å². The highest BCUT2D eigenvalue weighted by Crippen LogP contribution is 2.45. The second kappa shape index (κ2) is 19.4. The molecule has 3 amide bonds. The lowest BCUT2D eigenvalue weighted by Gasteiger charge is -2.46. The maximum absolute atomic E-state index is 12.7. The number of hydrogen-bond donors (Lipinski definition) is 5. The van der Waals surface area contributed by atoms with Crippen LogP contribution in [0.5, 0.6) is 0 Å². The molecule has 0 radical (unpaired) electrons. The van der Waals surface area contributed by atoms with Crippen LogP contribution in [0.1, 0.15) is 104 Å². The van der Waals surface area contributed by atoms with Gasteiger partial charge in [0.25, 0.3) is 5.56 Å². The van der Waals surface area contributed by atoms with Crippen LogP contribution in [-0.4, -0.2) is 78.2 Å². The molecule has 0 saturated heterocycles. The average molecular weight is 680 g/mol. The number of esters is 2. The fourth-order valence-electron chi connectivity index (χ4n) is 6.14. The number of aliphatic hydroxyl groups excluding tert-OH is 1. The second-order valence-electron chi connectivity index (χ2n) is 14.5. The fourth-order valence-corrected chi connectivity index (χ4v) is 6.14. The van der Waals surface area contributed by atoms with Gasteiger partial charge >= 0.3 is 24.1 Å². The van der Waals surface area contributed by atoms with Gasteiger partial charge in [-0.05, 0) is 55.8 Å². The molecular weight excluding hydrogens is 622 g/mol. The number of hydrogen-bond acceptors (Lipinski definition) is 10. The molecular formula is C34H57N5O9. The number of nitrogens with zero attached hydrogens (tertiary/aromatic N) is 1. The molecule has 4 atom stereocenters. The monoisotopic (exact) mass is 679 g/mol. The number of rotatable bonds is 18. The van der Waals surface area contributed by atoms with Gasteiger partial charge in [-0.2, -0.15) is 0 Å². The number of amides is 3. The number of nitrogens with one attached hydrogen (secondary N) is 4. The summed E-state index contributed by atoms with van der Waals surface area (Å²) in [6, 6.07) is -0.704. The lowest BCUT2D eigenvalue weighted by atomic mass is 9.62. The number of urea groups is 1. The minimum Gasteiger partial charge on any atom is -0.465 e. The van der Waals surface area contributed by atoms with E-state index in [2.05, 4.69) is 46.7 Å². The Hall–Kier alpha value is -3.68. The van der Waals surface area contributed by atoms with Crippen molar-refractivity contribution in [3.05, 3.63) is 21.6 Å². The predicted molar refractivity (Wildman–Crippen MR) is 180 cm³/mol. The maximum atomic E-state index is 12.7. The number of aliphatic hydroxyl groups is 1. The van der Waals surface area contributed by atoms with E-state index >= 15 is 0 Å². The van der Waals surface area contributed by atoms with Crippen LogP contribution in [0.3, 0.4) is 0 Å². The van der Waals surface area contributed by atoms with Gasteiger partial charge in [0.2, 0.25) is 5.95 Å². The average Bonchev–Trinajstić information content (AvgIpc) is 2.99. The SMILES string of the molecule is CCC(C)COC(=O)CCCCC(=O)OCC(C)COC(=O)NC1CC(C)(C)CC(C)(CNC(=O)Nc2nc(C)c(CCO)c(=O)[nH]2)C1. The number of unbranched alkanes of at least 4 members (excludes halogenated alkanes) is 1. The van der Waals surface area contributed by atoms with Crippen molar-refractivity contribution in [2.45, 2.75) is 112 Å². The van der Waals surface area contributed by atoms with E-state index in [0.29, 0.717) is 49.6 Å². The van der Waals surface area contributed by atoms with Crippen molar-refractivity contribution in [3.8, 4) is 0 Å². The first-order valence-corrected chi connectivity index (χ1v) is 17.0. The van der Waals surface area contributed by atoms with Gasteiger partial charge < -0.3 is 30.0 Å². The van der Waals surface area contributed by atoms with Crippen LogP contribution in [0.25, 0.3) is 0 Å². The zero-order valence-corrected chi connectivity index (χ0v) is 29.8. The van der Waals surface area contributed by atoms with E-state index in [1.54, 1.807) is 6.92 Å². The number of H-pyrrole nitrogens is 1. The third-order valence-corrected chi connectivity index (χ3v) is 8.52. The van der Waals surface area contributed by atoms with Crippen LogP contribution in [0.4, 0.5) is 15.5 Å². The number of carbonyl (C=O) groups is 4. The van der Waals surface area contributed by atoms with Crippen molar-refractivity contribution in [3.63, 3.8) is 0 Å². The highest BCUT2D eigenvalue weighted by atomic mass is 16.6. The summed E-state index contributed by atoms with van der Waals surface area (Å²) < 4.78 is 16.0. The highest BCUT2D eigenvalue weighted by Gasteiger charge is 2.42. The van der Waals surface area contributed by atoms with E-state index < -0.39 is 17.7 Å². The standard InChI is InChI=1S/C34H57N5O9/c1-8-22(2)17-46-27(41)11-9-10-12-28(42)47-18-23(3)19-48-32(45)37-25-15-33(5,6)20-34(7,16-25)21-35-31(44)39-30-36-24(4)26(13-14-40)29(43)38-30/h22-23,25,40H,8-21H2,1-7H3,(H,37,45)(H3,35,36,38,39,43,44). The van der Waals surface area contributed by atoms with E-state index in [-0.39, 0.29) is 79.8 Å². The summed E-state index contributed by atoms with van der Waals surface area (Å²) in [5.41, 5.74) is -0.0745. The van der Waals surface area contributed by atoms with Crippen molar-refractivity contribution in [1.29, 1.82) is 0 Å². The molecule has 1 saturated carbocycles. The van der Waals surface area contributed by atoms with Crippen LogP contribution >= 0.6 is 0 Å². The van der Waals surface area contributed by atoms with Crippen LogP contribution in [0.15, 0.2) is 4.79 Å². The minimum atomic E-state index is -0.556. The number of aromatic nitrogens is 2. The number of aromatic amines is 1. The largest absolute Gasteiger partial charge is 0.465 e. The second-order valence-corrected chi connectivity index (χ2v) is 14.5. The normalized spacial score (nSPS) is 19.8.